The van der Waals surface area contributed by atoms with E-state index >= 15 is 0 Å². The lowest BCUT2D eigenvalue weighted by Crippen LogP contribution is -2.34. The van der Waals surface area contributed by atoms with Crippen LogP contribution in [0.5, 0.6) is 5.75 Å². The Morgan fingerprint density at radius 2 is 1.73 bits per heavy atom. The molecule has 0 aromatic heterocycles. The van der Waals surface area contributed by atoms with Crippen LogP contribution in [-0.4, -0.2) is 23.6 Å². The molecule has 2 aromatic carbocycles. The molecule has 1 fully saturated rings. The van der Waals surface area contributed by atoms with Crippen LogP contribution in [-0.2, 0) is 4.79 Å². The fraction of sp³-hybridized carbons (Fsp3) is 0.125. The van der Waals surface area contributed by atoms with Crippen molar-refractivity contribution in [1.82, 2.24) is 0 Å². The molecule has 1 atom stereocenters. The van der Waals surface area contributed by atoms with E-state index in [1.165, 1.54) is 4.90 Å². The van der Waals surface area contributed by atoms with Gasteiger partial charge in [0.15, 0.2) is 5.37 Å². The number of thioether (sulfide) groups is 1. The fourth-order valence-electron chi connectivity index (χ4n) is 2.22. The minimum Gasteiger partial charge on any atom is -0.495 e. The quantitative estimate of drug-likeness (QED) is 0.938. The number of para-hydroxylation sites is 3. The first-order chi connectivity index (χ1) is 10.7. The number of carbonyl (C=O) groups is 2. The minimum atomic E-state index is -0.663. The second-order valence-corrected chi connectivity index (χ2v) is 5.67. The highest BCUT2D eigenvalue weighted by Crippen LogP contribution is 2.34. The van der Waals surface area contributed by atoms with Crippen LogP contribution in [0.2, 0.25) is 0 Å². The summed E-state index contributed by atoms with van der Waals surface area (Å²) in [7, 11) is 1.56. The smallest absolute Gasteiger partial charge is 0.295 e. The Balaban J connectivity index is 1.83. The summed E-state index contributed by atoms with van der Waals surface area (Å²) < 4.78 is 5.25. The predicted octanol–water partition coefficient (Wildman–Crippen LogP) is 3.33. The van der Waals surface area contributed by atoms with Gasteiger partial charge in [-0.1, -0.05) is 30.3 Å². The third-order valence-electron chi connectivity index (χ3n) is 3.25. The number of hydrogen-bond acceptors (Lipinski definition) is 5. The molecule has 3 rings (SSSR count). The van der Waals surface area contributed by atoms with Gasteiger partial charge in [0.2, 0.25) is 0 Å². The van der Waals surface area contributed by atoms with Crippen LogP contribution in [0, 0.1) is 0 Å². The summed E-state index contributed by atoms with van der Waals surface area (Å²) in [5.74, 6) is 0.341. The molecule has 1 saturated heterocycles. The van der Waals surface area contributed by atoms with Gasteiger partial charge in [0.1, 0.15) is 5.75 Å². The molecule has 0 spiro atoms. The van der Waals surface area contributed by atoms with Crippen molar-refractivity contribution in [1.29, 1.82) is 0 Å². The van der Waals surface area contributed by atoms with Crippen molar-refractivity contribution in [2.45, 2.75) is 5.37 Å². The van der Waals surface area contributed by atoms with Crippen LogP contribution in [0.4, 0.5) is 16.2 Å². The van der Waals surface area contributed by atoms with Crippen molar-refractivity contribution < 1.29 is 14.3 Å². The maximum absolute atomic E-state index is 12.5. The Kier molecular flexibility index (Phi) is 4.02. The van der Waals surface area contributed by atoms with Gasteiger partial charge in [0.05, 0.1) is 18.5 Å². The largest absolute Gasteiger partial charge is 0.495 e. The first-order valence-corrected chi connectivity index (χ1v) is 7.58. The second kappa shape index (κ2) is 6.11. The molecule has 1 aliphatic heterocycles. The zero-order chi connectivity index (χ0) is 15.5. The molecule has 5 nitrogen and oxygen atoms in total. The monoisotopic (exact) mass is 314 g/mol. The van der Waals surface area contributed by atoms with Gasteiger partial charge in [0, 0.05) is 0 Å². The Hall–Kier alpha value is -2.47. The molecular formula is C16H14N2O3S. The maximum Gasteiger partial charge on any atom is 0.295 e. The molecule has 6 heteroatoms. The topological polar surface area (TPSA) is 58.6 Å². The van der Waals surface area contributed by atoms with Gasteiger partial charge in [-0.25, -0.2) is 4.90 Å². The van der Waals surface area contributed by atoms with Crippen molar-refractivity contribution >= 4 is 34.3 Å². The van der Waals surface area contributed by atoms with Crippen LogP contribution in [0.15, 0.2) is 54.6 Å². The van der Waals surface area contributed by atoms with Crippen molar-refractivity contribution in [2.75, 3.05) is 17.3 Å². The number of carbonyl (C=O) groups excluding carboxylic acids is 2. The average Bonchev–Trinajstić information content (AvgIpc) is 2.83. The summed E-state index contributed by atoms with van der Waals surface area (Å²) >= 11 is 0.961. The van der Waals surface area contributed by atoms with Crippen LogP contribution < -0.4 is 15.0 Å². The molecule has 1 heterocycles. The maximum atomic E-state index is 12.5. The fourth-order valence-corrected chi connectivity index (χ4v) is 3.11. The molecule has 0 unspecified atom stereocenters. The Labute approximate surface area is 132 Å². The molecule has 1 N–H and O–H groups in total. The Bertz CT molecular complexity index is 706. The third-order valence-corrected chi connectivity index (χ3v) is 4.19. The molecule has 2 amide bonds. The summed E-state index contributed by atoms with van der Waals surface area (Å²) in [6, 6.07) is 16.2. The number of rotatable bonds is 4. The lowest BCUT2D eigenvalue weighted by atomic mass is 10.2. The van der Waals surface area contributed by atoms with E-state index < -0.39 is 5.37 Å². The highest BCUT2D eigenvalue weighted by atomic mass is 32.2. The van der Waals surface area contributed by atoms with Crippen molar-refractivity contribution in [2.24, 2.45) is 0 Å². The molecule has 0 radical (unpaired) electrons. The summed E-state index contributed by atoms with van der Waals surface area (Å²) in [5, 5.41) is 2.11. The van der Waals surface area contributed by atoms with E-state index in [0.29, 0.717) is 17.1 Å². The van der Waals surface area contributed by atoms with Gasteiger partial charge in [-0.3, -0.25) is 9.59 Å². The van der Waals surface area contributed by atoms with Crippen molar-refractivity contribution in [3.8, 4) is 5.75 Å². The van der Waals surface area contributed by atoms with E-state index in [2.05, 4.69) is 5.32 Å². The standard InChI is InChI=1S/C16H14N2O3S/c1-21-13-10-6-5-9-12(13)17-14-15(19)18(16(20)22-14)11-7-3-2-4-8-11/h2-10,14,17H,1H3/t14-/m0/s1. The molecule has 2 aromatic rings. The summed E-state index contributed by atoms with van der Waals surface area (Å²) in [5.41, 5.74) is 1.26. The van der Waals surface area contributed by atoms with Gasteiger partial charge in [-0.2, -0.15) is 0 Å². The second-order valence-electron chi connectivity index (χ2n) is 4.62. The van der Waals surface area contributed by atoms with E-state index in [4.69, 9.17) is 4.74 Å². The summed E-state index contributed by atoms with van der Waals surface area (Å²) in [6.45, 7) is 0. The van der Waals surface area contributed by atoms with Gasteiger partial charge in [0.25, 0.3) is 11.1 Å². The van der Waals surface area contributed by atoms with Crippen LogP contribution in [0.1, 0.15) is 0 Å². The predicted molar refractivity (Wildman–Crippen MR) is 87.3 cm³/mol. The van der Waals surface area contributed by atoms with Crippen LogP contribution >= 0.6 is 11.8 Å². The number of benzene rings is 2. The van der Waals surface area contributed by atoms with Crippen LogP contribution in [0.25, 0.3) is 0 Å². The normalized spacial score (nSPS) is 17.7. The number of nitrogens with zero attached hydrogens (tertiary/aromatic N) is 1. The van der Waals surface area contributed by atoms with Gasteiger partial charge in [-0.15, -0.1) is 0 Å². The number of nitrogens with one attached hydrogen (secondary N) is 1. The molecule has 112 valence electrons. The SMILES string of the molecule is COc1ccccc1N[C@H]1SC(=O)N(c2ccccc2)C1=O. The zero-order valence-electron chi connectivity index (χ0n) is 11.9. The molecule has 0 bridgehead atoms. The highest BCUT2D eigenvalue weighted by molar-refractivity contribution is 8.16. The van der Waals surface area contributed by atoms with Gasteiger partial charge in [-0.05, 0) is 36.0 Å². The van der Waals surface area contributed by atoms with Crippen LogP contribution in [0.3, 0.4) is 0 Å². The highest BCUT2D eigenvalue weighted by Gasteiger charge is 2.40. The zero-order valence-corrected chi connectivity index (χ0v) is 12.7. The number of amides is 2. The molecular weight excluding hydrogens is 300 g/mol. The first kappa shape index (κ1) is 14.5. The summed E-state index contributed by atoms with van der Waals surface area (Å²) in [4.78, 5) is 25.8. The van der Waals surface area contributed by atoms with E-state index in [0.717, 1.165) is 11.8 Å². The lowest BCUT2D eigenvalue weighted by molar-refractivity contribution is -0.116. The molecule has 22 heavy (non-hydrogen) atoms. The number of imide groups is 1. The Morgan fingerprint density at radius 3 is 2.45 bits per heavy atom. The third kappa shape index (κ3) is 2.65. The number of hydrogen-bond donors (Lipinski definition) is 1. The van der Waals surface area contributed by atoms with E-state index in [-0.39, 0.29) is 11.1 Å². The minimum absolute atomic E-state index is 0.285. The summed E-state index contributed by atoms with van der Waals surface area (Å²) in [6.07, 6.45) is 0. The number of anilines is 2. The first-order valence-electron chi connectivity index (χ1n) is 6.70. The van der Waals surface area contributed by atoms with E-state index in [1.54, 1.807) is 37.4 Å². The lowest BCUT2D eigenvalue weighted by Gasteiger charge is -2.16. The van der Waals surface area contributed by atoms with Crippen molar-refractivity contribution in [3.63, 3.8) is 0 Å². The van der Waals surface area contributed by atoms with Gasteiger partial charge < -0.3 is 10.1 Å². The number of ether oxygens (including phenoxy) is 1. The Morgan fingerprint density at radius 1 is 1.05 bits per heavy atom. The van der Waals surface area contributed by atoms with E-state index in [1.807, 2.05) is 24.3 Å². The molecule has 1 aliphatic rings. The van der Waals surface area contributed by atoms with Crippen molar-refractivity contribution in [3.05, 3.63) is 54.6 Å². The average molecular weight is 314 g/mol. The number of methoxy groups -OCH3 is 1. The van der Waals surface area contributed by atoms with E-state index in [9.17, 15) is 9.59 Å². The van der Waals surface area contributed by atoms with Gasteiger partial charge >= 0.3 is 0 Å². The molecule has 0 saturated carbocycles. The molecule has 0 aliphatic carbocycles.